The second-order valence-electron chi connectivity index (χ2n) is 7.79. The van der Waals surface area contributed by atoms with Crippen molar-refractivity contribution in [2.24, 2.45) is 0 Å². The summed E-state index contributed by atoms with van der Waals surface area (Å²) in [5.41, 5.74) is 1.60. The maximum atomic E-state index is 13.3. The van der Waals surface area contributed by atoms with Crippen LogP contribution in [0, 0.1) is 6.92 Å². The molecule has 1 N–H and O–H groups in total. The second kappa shape index (κ2) is 10.5. The fourth-order valence-electron chi connectivity index (χ4n) is 3.50. The fourth-order valence-corrected chi connectivity index (χ4v) is 5.24. The molecule has 0 bridgehead atoms. The summed E-state index contributed by atoms with van der Waals surface area (Å²) in [7, 11) is -3.64. The van der Waals surface area contributed by atoms with Crippen molar-refractivity contribution in [3.63, 3.8) is 0 Å². The lowest BCUT2D eigenvalue weighted by atomic mass is 10.1. The van der Waals surface area contributed by atoms with Gasteiger partial charge in [0.25, 0.3) is 5.91 Å². The van der Waals surface area contributed by atoms with Gasteiger partial charge in [0.2, 0.25) is 10.0 Å². The van der Waals surface area contributed by atoms with Gasteiger partial charge in [-0.25, -0.2) is 8.42 Å². The number of nitrogens with zero attached hydrogens (tertiary/aromatic N) is 1. The monoisotopic (exact) mass is 476 g/mol. The third-order valence-electron chi connectivity index (χ3n) is 5.36. The Morgan fingerprint density at radius 2 is 1.75 bits per heavy atom. The van der Waals surface area contributed by atoms with Gasteiger partial charge in [-0.15, -0.1) is 0 Å². The lowest BCUT2D eigenvalue weighted by Gasteiger charge is -2.22. The molecule has 1 amide bonds. The van der Waals surface area contributed by atoms with Crippen LogP contribution in [0.15, 0.2) is 51.8 Å². The molecular weight excluding hydrogens is 448 g/mol. The van der Waals surface area contributed by atoms with E-state index in [9.17, 15) is 13.2 Å². The molecule has 2 aromatic carbocycles. The Labute approximate surface area is 194 Å². The first-order chi connectivity index (χ1) is 15.3. The zero-order valence-electron chi connectivity index (χ0n) is 18.7. The smallest absolute Gasteiger partial charge is 0.291 e. The molecule has 0 spiro atoms. The predicted octanol–water partition coefficient (Wildman–Crippen LogP) is 6.24. The minimum atomic E-state index is -3.64. The summed E-state index contributed by atoms with van der Waals surface area (Å²) in [5, 5.41) is 3.88. The number of benzene rings is 2. The molecule has 1 aromatic heterocycles. The van der Waals surface area contributed by atoms with Crippen LogP contribution in [0.3, 0.4) is 0 Å². The number of carbonyl (C=O) groups is 1. The standard InChI is InChI=1S/C24H29ClN2O4S/c1-4-6-13-27(14-7-5-2)32(29,30)20-11-12-22-21(16-20)17(3)23(31-22)24(28)26-19-10-8-9-18(25)15-19/h8-12,15-16H,4-7,13-14H2,1-3H3,(H,26,28). The number of amides is 1. The Morgan fingerprint density at radius 3 is 2.38 bits per heavy atom. The van der Waals surface area contributed by atoms with Crippen LogP contribution in [0.4, 0.5) is 5.69 Å². The largest absolute Gasteiger partial charge is 0.451 e. The predicted molar refractivity (Wildman–Crippen MR) is 129 cm³/mol. The summed E-state index contributed by atoms with van der Waals surface area (Å²) >= 11 is 5.98. The molecule has 0 aliphatic rings. The molecular formula is C24H29ClN2O4S. The quantitative estimate of drug-likeness (QED) is 0.375. The number of aryl methyl sites for hydroxylation is 1. The zero-order chi connectivity index (χ0) is 23.3. The first kappa shape index (κ1) is 24.3. The number of nitrogens with one attached hydrogen (secondary N) is 1. The van der Waals surface area contributed by atoms with E-state index in [-0.39, 0.29) is 10.7 Å². The third kappa shape index (κ3) is 5.34. The Bertz CT molecular complexity index is 1200. The number of fused-ring (bicyclic) bond motifs is 1. The molecule has 0 radical (unpaired) electrons. The summed E-state index contributed by atoms with van der Waals surface area (Å²) in [6.45, 7) is 6.83. The van der Waals surface area contributed by atoms with Gasteiger partial charge in [-0.05, 0) is 56.2 Å². The number of hydrogen-bond acceptors (Lipinski definition) is 4. The molecule has 0 fully saturated rings. The fraction of sp³-hybridized carbons (Fsp3) is 0.375. The van der Waals surface area contributed by atoms with Crippen LogP contribution in [0.25, 0.3) is 11.0 Å². The van der Waals surface area contributed by atoms with Crippen molar-refractivity contribution in [3.8, 4) is 0 Å². The van der Waals surface area contributed by atoms with Gasteiger partial charge in [0.05, 0.1) is 4.90 Å². The van der Waals surface area contributed by atoms with Crippen molar-refractivity contribution in [1.82, 2.24) is 4.31 Å². The molecule has 8 heteroatoms. The summed E-state index contributed by atoms with van der Waals surface area (Å²) in [5.74, 6) is -0.277. The normalized spacial score (nSPS) is 11.9. The molecule has 32 heavy (non-hydrogen) atoms. The van der Waals surface area contributed by atoms with E-state index in [1.807, 2.05) is 13.8 Å². The number of furan rings is 1. The van der Waals surface area contributed by atoms with Crippen LogP contribution in [-0.4, -0.2) is 31.7 Å². The Hall–Kier alpha value is -2.35. The molecule has 3 aromatic rings. The minimum Gasteiger partial charge on any atom is -0.451 e. The van der Waals surface area contributed by atoms with Crippen LogP contribution < -0.4 is 5.32 Å². The van der Waals surface area contributed by atoms with Gasteiger partial charge in [-0.2, -0.15) is 4.31 Å². The van der Waals surface area contributed by atoms with Gasteiger partial charge in [-0.3, -0.25) is 4.79 Å². The van der Waals surface area contributed by atoms with Crippen LogP contribution in [0.1, 0.15) is 55.6 Å². The maximum absolute atomic E-state index is 13.3. The molecule has 1 heterocycles. The zero-order valence-corrected chi connectivity index (χ0v) is 20.2. The van der Waals surface area contributed by atoms with Crippen LogP contribution in [0.2, 0.25) is 5.02 Å². The number of anilines is 1. The second-order valence-corrected chi connectivity index (χ2v) is 10.2. The summed E-state index contributed by atoms with van der Waals surface area (Å²) in [6, 6.07) is 11.6. The number of sulfonamides is 1. The SMILES string of the molecule is CCCCN(CCCC)S(=O)(=O)c1ccc2oc(C(=O)Nc3cccc(Cl)c3)c(C)c2c1. The van der Waals surface area contributed by atoms with E-state index in [0.717, 1.165) is 25.7 Å². The molecule has 0 saturated heterocycles. The van der Waals surface area contributed by atoms with E-state index in [1.54, 1.807) is 53.7 Å². The van der Waals surface area contributed by atoms with Crippen molar-refractivity contribution < 1.29 is 17.6 Å². The van der Waals surface area contributed by atoms with E-state index < -0.39 is 15.9 Å². The number of rotatable bonds is 10. The molecule has 0 aliphatic heterocycles. The van der Waals surface area contributed by atoms with Gasteiger partial charge in [0.15, 0.2) is 5.76 Å². The van der Waals surface area contributed by atoms with Crippen molar-refractivity contribution in [3.05, 3.63) is 58.8 Å². The summed E-state index contributed by atoms with van der Waals surface area (Å²) in [4.78, 5) is 13.0. The number of halogens is 1. The first-order valence-electron chi connectivity index (χ1n) is 10.9. The van der Waals surface area contributed by atoms with Crippen molar-refractivity contribution in [2.45, 2.75) is 51.3 Å². The molecule has 6 nitrogen and oxygen atoms in total. The van der Waals surface area contributed by atoms with Gasteiger partial charge in [-0.1, -0.05) is 44.4 Å². The van der Waals surface area contributed by atoms with Crippen LogP contribution >= 0.6 is 11.6 Å². The molecule has 0 saturated carbocycles. The van der Waals surface area contributed by atoms with Crippen LogP contribution in [-0.2, 0) is 10.0 Å². The Morgan fingerprint density at radius 1 is 1.06 bits per heavy atom. The van der Waals surface area contributed by atoms with Crippen molar-refractivity contribution >= 4 is 44.2 Å². The average molecular weight is 477 g/mol. The molecule has 172 valence electrons. The Balaban J connectivity index is 1.93. The van der Waals surface area contributed by atoms with E-state index in [1.165, 1.54) is 0 Å². The van der Waals surface area contributed by atoms with E-state index in [4.69, 9.17) is 16.0 Å². The van der Waals surface area contributed by atoms with Gasteiger partial charge in [0, 0.05) is 34.7 Å². The van der Waals surface area contributed by atoms with Gasteiger partial charge >= 0.3 is 0 Å². The highest BCUT2D eigenvalue weighted by Crippen LogP contribution is 2.30. The van der Waals surface area contributed by atoms with Gasteiger partial charge in [0.1, 0.15) is 5.58 Å². The molecule has 0 unspecified atom stereocenters. The molecule has 0 aliphatic carbocycles. The van der Waals surface area contributed by atoms with E-state index in [0.29, 0.717) is 40.3 Å². The van der Waals surface area contributed by atoms with E-state index >= 15 is 0 Å². The van der Waals surface area contributed by atoms with Gasteiger partial charge < -0.3 is 9.73 Å². The number of hydrogen-bond donors (Lipinski definition) is 1. The maximum Gasteiger partial charge on any atom is 0.291 e. The highest BCUT2D eigenvalue weighted by atomic mass is 35.5. The first-order valence-corrected chi connectivity index (χ1v) is 12.7. The highest BCUT2D eigenvalue weighted by molar-refractivity contribution is 7.89. The highest BCUT2D eigenvalue weighted by Gasteiger charge is 2.26. The lowest BCUT2D eigenvalue weighted by molar-refractivity contribution is 0.0998. The van der Waals surface area contributed by atoms with Crippen molar-refractivity contribution in [2.75, 3.05) is 18.4 Å². The molecule has 3 rings (SSSR count). The summed E-state index contributed by atoms with van der Waals surface area (Å²) in [6.07, 6.45) is 3.46. The van der Waals surface area contributed by atoms with Crippen LogP contribution in [0.5, 0.6) is 0 Å². The van der Waals surface area contributed by atoms with E-state index in [2.05, 4.69) is 5.32 Å². The third-order valence-corrected chi connectivity index (χ3v) is 7.49. The summed E-state index contributed by atoms with van der Waals surface area (Å²) < 4.78 is 34.0. The number of carbonyl (C=O) groups excluding carboxylic acids is 1. The lowest BCUT2D eigenvalue weighted by Crippen LogP contribution is -2.33. The average Bonchev–Trinajstić information content (AvgIpc) is 3.10. The number of unbranched alkanes of at least 4 members (excludes halogenated alkanes) is 2. The Kier molecular flexibility index (Phi) is 7.98. The minimum absolute atomic E-state index is 0.142. The topological polar surface area (TPSA) is 79.6 Å². The van der Waals surface area contributed by atoms with Crippen molar-refractivity contribution in [1.29, 1.82) is 0 Å². The molecule has 0 atom stereocenters.